The van der Waals surface area contributed by atoms with Crippen LogP contribution in [0.5, 0.6) is 0 Å². The minimum atomic E-state index is -0.347. The average molecular weight is 309 g/mol. The van der Waals surface area contributed by atoms with Gasteiger partial charge in [0.25, 0.3) is 0 Å². The number of nitrogens with zero attached hydrogens (tertiary/aromatic N) is 2. The summed E-state index contributed by atoms with van der Waals surface area (Å²) in [5, 5.41) is 0.665. The first kappa shape index (κ1) is 15.8. The van der Waals surface area contributed by atoms with Gasteiger partial charge in [0.15, 0.2) is 0 Å². The van der Waals surface area contributed by atoms with Crippen LogP contribution in [0.15, 0.2) is 18.2 Å². The summed E-state index contributed by atoms with van der Waals surface area (Å²) in [4.78, 5) is 16.8. The van der Waals surface area contributed by atoms with E-state index in [1.54, 1.807) is 0 Å². The molecule has 1 atom stereocenters. The molecule has 4 nitrogen and oxygen atoms in total. The smallest absolute Gasteiger partial charge is 0.316 e. The molecule has 21 heavy (non-hydrogen) atoms. The Morgan fingerprint density at radius 3 is 2.76 bits per heavy atom. The Kier molecular flexibility index (Phi) is 5.23. The highest BCUT2D eigenvalue weighted by Crippen LogP contribution is 2.30. The maximum Gasteiger partial charge on any atom is 0.316 e. The number of carbonyl (C=O) groups is 1. The fraction of sp³-hybridized carbons (Fsp3) is 0.500. The van der Waals surface area contributed by atoms with Gasteiger partial charge < -0.3 is 9.30 Å². The summed E-state index contributed by atoms with van der Waals surface area (Å²) < 4.78 is 7.24. The number of aryl methyl sites for hydroxylation is 1. The SMILES string of the molecule is CCCn1c(C(CC)C(=O)OCC)nc2cccc(Cl)c21. The number of carbonyl (C=O) groups excluding carboxylic acids is 1. The summed E-state index contributed by atoms with van der Waals surface area (Å²) in [6.45, 7) is 7.04. The molecule has 0 bridgehead atoms. The molecule has 0 amide bonds. The number of benzene rings is 1. The van der Waals surface area contributed by atoms with Gasteiger partial charge in [-0.2, -0.15) is 0 Å². The molecule has 1 aromatic heterocycles. The number of esters is 1. The van der Waals surface area contributed by atoms with Gasteiger partial charge in [0, 0.05) is 6.54 Å². The lowest BCUT2D eigenvalue weighted by molar-refractivity contribution is -0.145. The molecule has 0 aliphatic carbocycles. The lowest BCUT2D eigenvalue weighted by atomic mass is 10.1. The molecule has 0 fully saturated rings. The maximum atomic E-state index is 12.2. The fourth-order valence-corrected chi connectivity index (χ4v) is 2.84. The van der Waals surface area contributed by atoms with Gasteiger partial charge in [0.05, 0.1) is 22.7 Å². The second kappa shape index (κ2) is 6.94. The summed E-state index contributed by atoms with van der Waals surface area (Å²) in [7, 11) is 0. The van der Waals surface area contributed by atoms with Crippen molar-refractivity contribution >= 4 is 28.6 Å². The van der Waals surface area contributed by atoms with E-state index in [9.17, 15) is 4.79 Å². The van der Waals surface area contributed by atoms with E-state index in [0.717, 1.165) is 29.8 Å². The molecule has 1 heterocycles. The second-order valence-electron chi connectivity index (χ2n) is 4.94. The van der Waals surface area contributed by atoms with E-state index in [0.29, 0.717) is 18.1 Å². The van der Waals surface area contributed by atoms with Crippen molar-refractivity contribution in [1.29, 1.82) is 0 Å². The van der Waals surface area contributed by atoms with Crippen molar-refractivity contribution in [3.63, 3.8) is 0 Å². The average Bonchev–Trinajstić information content (AvgIpc) is 2.81. The molecular formula is C16H21ClN2O2. The van der Waals surface area contributed by atoms with Crippen LogP contribution in [0.25, 0.3) is 11.0 Å². The first-order chi connectivity index (χ1) is 10.1. The number of halogens is 1. The molecule has 0 saturated heterocycles. The van der Waals surface area contributed by atoms with Gasteiger partial charge in [-0.15, -0.1) is 0 Å². The number of hydrogen-bond acceptors (Lipinski definition) is 3. The molecule has 0 aliphatic heterocycles. The Bertz CT molecular complexity index is 636. The third-order valence-electron chi connectivity index (χ3n) is 3.49. The summed E-state index contributed by atoms with van der Waals surface area (Å²) in [5.41, 5.74) is 1.73. The Morgan fingerprint density at radius 1 is 1.38 bits per heavy atom. The standard InChI is InChI=1S/C16H21ClN2O2/c1-4-10-19-14-12(17)8-7-9-13(14)18-15(19)11(5-2)16(20)21-6-3/h7-9,11H,4-6,10H2,1-3H3. The largest absolute Gasteiger partial charge is 0.465 e. The first-order valence-electron chi connectivity index (χ1n) is 7.45. The van der Waals surface area contributed by atoms with E-state index in [-0.39, 0.29) is 11.9 Å². The number of rotatable bonds is 6. The van der Waals surface area contributed by atoms with E-state index < -0.39 is 0 Å². The molecule has 2 rings (SSSR count). The quantitative estimate of drug-likeness (QED) is 0.753. The topological polar surface area (TPSA) is 44.1 Å². The van der Waals surface area contributed by atoms with Crippen LogP contribution in [0.4, 0.5) is 0 Å². The summed E-state index contributed by atoms with van der Waals surface area (Å²) in [5.74, 6) is 0.185. The molecular weight excluding hydrogens is 288 g/mol. The van der Waals surface area contributed by atoms with Crippen LogP contribution in [-0.2, 0) is 16.1 Å². The van der Waals surface area contributed by atoms with Gasteiger partial charge in [-0.1, -0.05) is 31.5 Å². The Labute approximate surface area is 130 Å². The predicted octanol–water partition coefficient (Wildman–Crippen LogP) is 4.16. The monoisotopic (exact) mass is 308 g/mol. The fourth-order valence-electron chi connectivity index (χ4n) is 2.57. The van der Waals surface area contributed by atoms with Crippen molar-refractivity contribution in [2.24, 2.45) is 0 Å². The molecule has 1 aromatic carbocycles. The third kappa shape index (κ3) is 3.05. The number of aromatic nitrogens is 2. The lowest BCUT2D eigenvalue weighted by Crippen LogP contribution is -2.19. The van der Waals surface area contributed by atoms with Crippen molar-refractivity contribution in [1.82, 2.24) is 9.55 Å². The Hall–Kier alpha value is -1.55. The normalized spacial score (nSPS) is 12.6. The van der Waals surface area contributed by atoms with Crippen LogP contribution < -0.4 is 0 Å². The van der Waals surface area contributed by atoms with Crippen LogP contribution in [0.1, 0.15) is 45.4 Å². The summed E-state index contributed by atoms with van der Waals surface area (Å²) in [6.07, 6.45) is 1.60. The molecule has 0 spiro atoms. The predicted molar refractivity (Wildman–Crippen MR) is 84.7 cm³/mol. The molecule has 1 unspecified atom stereocenters. The Morgan fingerprint density at radius 2 is 2.14 bits per heavy atom. The number of imidazole rings is 1. The van der Waals surface area contributed by atoms with E-state index in [2.05, 4.69) is 16.5 Å². The molecule has 0 saturated carbocycles. The van der Waals surface area contributed by atoms with Crippen LogP contribution >= 0.6 is 11.6 Å². The second-order valence-corrected chi connectivity index (χ2v) is 5.35. The van der Waals surface area contributed by atoms with Crippen molar-refractivity contribution in [2.75, 3.05) is 6.61 Å². The highest BCUT2D eigenvalue weighted by molar-refractivity contribution is 6.35. The molecule has 0 N–H and O–H groups in total. The first-order valence-corrected chi connectivity index (χ1v) is 7.83. The minimum absolute atomic E-state index is 0.219. The molecule has 2 aromatic rings. The zero-order valence-electron chi connectivity index (χ0n) is 12.7. The third-order valence-corrected chi connectivity index (χ3v) is 3.79. The van der Waals surface area contributed by atoms with Crippen molar-refractivity contribution in [2.45, 2.75) is 46.1 Å². The van der Waals surface area contributed by atoms with E-state index >= 15 is 0 Å². The van der Waals surface area contributed by atoms with Crippen molar-refractivity contribution < 1.29 is 9.53 Å². The van der Waals surface area contributed by atoms with Gasteiger partial charge in [0.1, 0.15) is 11.7 Å². The van der Waals surface area contributed by atoms with Crippen molar-refractivity contribution in [3.8, 4) is 0 Å². The van der Waals surface area contributed by atoms with Gasteiger partial charge in [0.2, 0.25) is 0 Å². The van der Waals surface area contributed by atoms with Crippen LogP contribution in [0.2, 0.25) is 5.02 Å². The van der Waals surface area contributed by atoms with Gasteiger partial charge in [-0.05, 0) is 31.9 Å². The summed E-state index contributed by atoms with van der Waals surface area (Å²) in [6, 6.07) is 5.66. The minimum Gasteiger partial charge on any atom is -0.465 e. The van der Waals surface area contributed by atoms with Crippen LogP contribution in [0.3, 0.4) is 0 Å². The van der Waals surface area contributed by atoms with E-state index in [1.807, 2.05) is 32.0 Å². The van der Waals surface area contributed by atoms with Crippen LogP contribution in [-0.4, -0.2) is 22.1 Å². The van der Waals surface area contributed by atoms with E-state index in [1.165, 1.54) is 0 Å². The van der Waals surface area contributed by atoms with Crippen LogP contribution in [0, 0.1) is 0 Å². The number of ether oxygens (including phenoxy) is 1. The highest BCUT2D eigenvalue weighted by Gasteiger charge is 2.27. The number of hydrogen-bond donors (Lipinski definition) is 0. The molecule has 0 aliphatic rings. The summed E-state index contributed by atoms with van der Waals surface area (Å²) >= 11 is 6.32. The van der Waals surface area contributed by atoms with Crippen molar-refractivity contribution in [3.05, 3.63) is 29.0 Å². The molecule has 0 radical (unpaired) electrons. The Balaban J connectivity index is 2.58. The zero-order chi connectivity index (χ0) is 15.4. The number of para-hydroxylation sites is 1. The zero-order valence-corrected chi connectivity index (χ0v) is 13.5. The maximum absolute atomic E-state index is 12.2. The van der Waals surface area contributed by atoms with Gasteiger partial charge in [-0.25, -0.2) is 4.98 Å². The van der Waals surface area contributed by atoms with Gasteiger partial charge >= 0.3 is 5.97 Å². The van der Waals surface area contributed by atoms with Gasteiger partial charge in [-0.3, -0.25) is 4.79 Å². The molecule has 114 valence electrons. The highest BCUT2D eigenvalue weighted by atomic mass is 35.5. The number of fused-ring (bicyclic) bond motifs is 1. The molecule has 5 heteroatoms. The lowest BCUT2D eigenvalue weighted by Gasteiger charge is -2.15. The van der Waals surface area contributed by atoms with E-state index in [4.69, 9.17) is 16.3 Å².